The topological polar surface area (TPSA) is 73.2 Å². The molecule has 168 valence electrons. The van der Waals surface area contributed by atoms with Gasteiger partial charge in [0.2, 0.25) is 5.91 Å². The van der Waals surface area contributed by atoms with Gasteiger partial charge in [-0.25, -0.2) is 4.98 Å². The Kier molecular flexibility index (Phi) is 6.69. The zero-order valence-corrected chi connectivity index (χ0v) is 18.3. The molecule has 1 aromatic heterocycles. The summed E-state index contributed by atoms with van der Waals surface area (Å²) >= 11 is 1.08. The summed E-state index contributed by atoms with van der Waals surface area (Å²) in [6, 6.07) is 20.3. The summed E-state index contributed by atoms with van der Waals surface area (Å²) in [5.41, 5.74) is 1.95. The number of rotatable bonds is 7. The van der Waals surface area contributed by atoms with Crippen molar-refractivity contribution in [2.24, 2.45) is 0 Å². The van der Waals surface area contributed by atoms with Crippen LogP contribution >= 0.6 is 11.8 Å². The average Bonchev–Trinajstić information content (AvgIpc) is 2.80. The highest BCUT2D eigenvalue weighted by molar-refractivity contribution is 7.99. The molecule has 0 aliphatic heterocycles. The number of hydrogen-bond acceptors (Lipinski definition) is 5. The van der Waals surface area contributed by atoms with Crippen molar-refractivity contribution >= 4 is 34.3 Å². The van der Waals surface area contributed by atoms with Crippen LogP contribution in [0.3, 0.4) is 0 Å². The second kappa shape index (κ2) is 9.83. The molecule has 0 saturated carbocycles. The quantitative estimate of drug-likeness (QED) is 0.305. The third-order valence-corrected chi connectivity index (χ3v) is 5.75. The Morgan fingerprint density at radius 2 is 1.76 bits per heavy atom. The van der Waals surface area contributed by atoms with Gasteiger partial charge in [0.1, 0.15) is 5.75 Å². The molecule has 0 bridgehead atoms. The van der Waals surface area contributed by atoms with Gasteiger partial charge in [0.15, 0.2) is 5.16 Å². The molecule has 4 rings (SSSR count). The molecule has 1 heterocycles. The van der Waals surface area contributed by atoms with E-state index in [4.69, 9.17) is 0 Å². The van der Waals surface area contributed by atoms with Crippen molar-refractivity contribution in [3.05, 3.63) is 88.7 Å². The first kappa shape index (κ1) is 22.5. The predicted molar refractivity (Wildman–Crippen MR) is 125 cm³/mol. The monoisotopic (exact) mass is 467 g/mol. The molecule has 0 atom stereocenters. The van der Waals surface area contributed by atoms with Crippen molar-refractivity contribution in [1.82, 2.24) is 9.55 Å². The molecule has 0 radical (unpaired) electrons. The fourth-order valence-corrected chi connectivity index (χ4v) is 4.13. The number of ether oxygens (including phenoxy) is 1. The van der Waals surface area contributed by atoms with E-state index in [1.165, 1.54) is 22.8 Å². The van der Waals surface area contributed by atoms with Crippen molar-refractivity contribution in [2.45, 2.75) is 18.7 Å². The minimum atomic E-state index is -3.01. The molecule has 0 saturated heterocycles. The highest BCUT2D eigenvalue weighted by Crippen LogP contribution is 2.27. The van der Waals surface area contributed by atoms with E-state index in [-0.39, 0.29) is 22.7 Å². The summed E-state index contributed by atoms with van der Waals surface area (Å²) in [4.78, 5) is 30.5. The molecule has 33 heavy (non-hydrogen) atoms. The Bertz CT molecular complexity index is 1370. The van der Waals surface area contributed by atoms with Gasteiger partial charge in [-0.3, -0.25) is 14.2 Å². The Hall–Kier alpha value is -3.72. The molecule has 1 N–H and O–H groups in total. The van der Waals surface area contributed by atoms with Gasteiger partial charge in [-0.15, -0.1) is 0 Å². The summed E-state index contributed by atoms with van der Waals surface area (Å²) in [6.45, 7) is -1.12. The van der Waals surface area contributed by atoms with Crippen LogP contribution < -0.4 is 15.6 Å². The standard InChI is InChI=1S/C24H19F2N3O3S/c1-15-8-2-6-12-19(15)29-22(31)16-9-3-4-10-17(16)28-24(29)33-14-21(30)27-18-11-5-7-13-20(18)32-23(25)26/h2-13,23H,14H2,1H3,(H,27,30). The summed E-state index contributed by atoms with van der Waals surface area (Å²) in [5.74, 6) is -0.685. The molecule has 3 aromatic carbocycles. The van der Waals surface area contributed by atoms with Crippen LogP contribution in [0.15, 0.2) is 82.7 Å². The maximum absolute atomic E-state index is 13.3. The van der Waals surface area contributed by atoms with Crippen LogP contribution in [0.25, 0.3) is 16.6 Å². The number of carbonyl (C=O) groups is 1. The van der Waals surface area contributed by atoms with Crippen molar-refractivity contribution in [3.63, 3.8) is 0 Å². The molecular weight excluding hydrogens is 448 g/mol. The van der Waals surface area contributed by atoms with Crippen LogP contribution in [0, 0.1) is 6.92 Å². The van der Waals surface area contributed by atoms with Gasteiger partial charge in [0.25, 0.3) is 5.56 Å². The van der Waals surface area contributed by atoms with E-state index in [2.05, 4.69) is 15.0 Å². The van der Waals surface area contributed by atoms with E-state index in [9.17, 15) is 18.4 Å². The molecule has 0 spiro atoms. The second-order valence-corrected chi connectivity index (χ2v) is 7.99. The van der Waals surface area contributed by atoms with E-state index in [1.807, 2.05) is 31.2 Å². The second-order valence-electron chi connectivity index (χ2n) is 7.05. The van der Waals surface area contributed by atoms with Crippen LogP contribution in [-0.4, -0.2) is 27.8 Å². The van der Waals surface area contributed by atoms with Gasteiger partial charge in [0, 0.05) is 0 Å². The molecular formula is C24H19F2N3O3S. The molecule has 0 aliphatic rings. The molecule has 0 fully saturated rings. The van der Waals surface area contributed by atoms with E-state index >= 15 is 0 Å². The Labute approximate surface area is 192 Å². The normalized spacial score (nSPS) is 11.0. The summed E-state index contributed by atoms with van der Waals surface area (Å²) in [6.07, 6.45) is 0. The molecule has 9 heteroatoms. The number of carbonyl (C=O) groups excluding carboxylic acids is 1. The zero-order valence-electron chi connectivity index (χ0n) is 17.5. The first-order valence-corrected chi connectivity index (χ1v) is 11.0. The van der Waals surface area contributed by atoms with Crippen LogP contribution in [0.1, 0.15) is 5.56 Å². The smallest absolute Gasteiger partial charge is 0.387 e. The van der Waals surface area contributed by atoms with Crippen molar-refractivity contribution in [2.75, 3.05) is 11.1 Å². The van der Waals surface area contributed by atoms with Gasteiger partial charge in [0.05, 0.1) is 28.0 Å². The number of halogens is 2. The third-order valence-electron chi connectivity index (χ3n) is 4.81. The van der Waals surface area contributed by atoms with Crippen LogP contribution in [0.2, 0.25) is 0 Å². The number of benzene rings is 3. The largest absolute Gasteiger partial charge is 0.433 e. The van der Waals surface area contributed by atoms with E-state index in [0.717, 1.165) is 17.3 Å². The lowest BCUT2D eigenvalue weighted by Crippen LogP contribution is -2.23. The van der Waals surface area contributed by atoms with Crippen LogP contribution in [0.5, 0.6) is 5.75 Å². The van der Waals surface area contributed by atoms with Crippen molar-refractivity contribution in [1.29, 1.82) is 0 Å². The number of fused-ring (bicyclic) bond motifs is 1. The number of hydrogen-bond donors (Lipinski definition) is 1. The van der Waals surface area contributed by atoms with Crippen LogP contribution in [-0.2, 0) is 4.79 Å². The number of nitrogens with one attached hydrogen (secondary N) is 1. The SMILES string of the molecule is Cc1ccccc1-n1c(SCC(=O)Nc2ccccc2OC(F)F)nc2ccccc2c1=O. The van der Waals surface area contributed by atoms with E-state index < -0.39 is 12.5 Å². The number of aryl methyl sites for hydroxylation is 1. The molecule has 1 amide bonds. The number of para-hydroxylation sites is 4. The fourth-order valence-electron chi connectivity index (χ4n) is 3.32. The predicted octanol–water partition coefficient (Wildman–Crippen LogP) is 5.03. The maximum Gasteiger partial charge on any atom is 0.387 e. The number of thioether (sulfide) groups is 1. The highest BCUT2D eigenvalue weighted by atomic mass is 32.2. The minimum absolute atomic E-state index is 0.0975. The maximum atomic E-state index is 13.3. The Morgan fingerprint density at radius 1 is 1.06 bits per heavy atom. The lowest BCUT2D eigenvalue weighted by atomic mass is 10.2. The average molecular weight is 467 g/mol. The van der Waals surface area contributed by atoms with Crippen molar-refractivity contribution in [3.8, 4) is 11.4 Å². The zero-order chi connectivity index (χ0) is 23.4. The van der Waals surface area contributed by atoms with Gasteiger partial charge < -0.3 is 10.1 Å². The van der Waals surface area contributed by atoms with Crippen molar-refractivity contribution < 1.29 is 18.3 Å². The Morgan fingerprint density at radius 3 is 2.55 bits per heavy atom. The number of amides is 1. The van der Waals surface area contributed by atoms with Gasteiger partial charge in [-0.05, 0) is 42.8 Å². The van der Waals surface area contributed by atoms with E-state index in [0.29, 0.717) is 21.7 Å². The van der Waals surface area contributed by atoms with Gasteiger partial charge in [-0.2, -0.15) is 8.78 Å². The number of aromatic nitrogens is 2. The number of anilines is 1. The number of alkyl halides is 2. The minimum Gasteiger partial charge on any atom is -0.433 e. The van der Waals surface area contributed by atoms with E-state index in [1.54, 1.807) is 30.3 Å². The molecule has 6 nitrogen and oxygen atoms in total. The molecule has 0 aliphatic carbocycles. The third kappa shape index (κ3) is 5.04. The summed E-state index contributed by atoms with van der Waals surface area (Å²) < 4.78 is 31.2. The fraction of sp³-hybridized carbons (Fsp3) is 0.125. The van der Waals surface area contributed by atoms with Crippen LogP contribution in [0.4, 0.5) is 14.5 Å². The Balaban J connectivity index is 1.64. The highest BCUT2D eigenvalue weighted by Gasteiger charge is 2.17. The molecule has 0 unspecified atom stereocenters. The summed E-state index contributed by atoms with van der Waals surface area (Å²) in [7, 11) is 0. The molecule has 4 aromatic rings. The first-order chi connectivity index (χ1) is 15.9. The van der Waals surface area contributed by atoms with Gasteiger partial charge >= 0.3 is 6.61 Å². The van der Waals surface area contributed by atoms with Gasteiger partial charge in [-0.1, -0.05) is 54.2 Å². The number of nitrogens with zero attached hydrogens (tertiary/aromatic N) is 2. The first-order valence-electron chi connectivity index (χ1n) is 9.98. The summed E-state index contributed by atoms with van der Waals surface area (Å²) in [5, 5.41) is 3.39. The lowest BCUT2D eigenvalue weighted by molar-refractivity contribution is -0.113. The lowest BCUT2D eigenvalue weighted by Gasteiger charge is -2.15.